The molecule has 0 aromatic heterocycles. The molecule has 2 rings (SSSR count). The van der Waals surface area contributed by atoms with Crippen LogP contribution in [0, 0.1) is 5.41 Å². The van der Waals surface area contributed by atoms with E-state index in [0.717, 1.165) is 4.90 Å². The number of hydrogen-bond acceptors (Lipinski definition) is 2. The lowest BCUT2D eigenvalue weighted by Gasteiger charge is -2.13. The largest absolute Gasteiger partial charge is 0.375 e. The number of azo groups is 1. The van der Waals surface area contributed by atoms with Crippen LogP contribution in [0.3, 0.4) is 0 Å². The molecule has 5 heteroatoms. The molecule has 0 unspecified atom stereocenters. The van der Waals surface area contributed by atoms with E-state index in [1.165, 1.54) is 0 Å². The van der Waals surface area contributed by atoms with Crippen LogP contribution in [0.2, 0.25) is 0 Å². The normalized spacial score (nSPS) is 22.6. The third kappa shape index (κ3) is 1.84. The monoisotopic (exact) mass is 217 g/mol. The second-order valence-corrected chi connectivity index (χ2v) is 4.21. The molecule has 0 saturated carbocycles. The van der Waals surface area contributed by atoms with Crippen molar-refractivity contribution in [1.82, 2.24) is 4.90 Å². The third-order valence-corrected chi connectivity index (χ3v) is 2.34. The molecular formula is C11H11N3O2. The van der Waals surface area contributed by atoms with Crippen LogP contribution < -0.4 is 0 Å². The molecule has 16 heavy (non-hydrogen) atoms. The van der Waals surface area contributed by atoms with Gasteiger partial charge in [0, 0.05) is 5.41 Å². The van der Waals surface area contributed by atoms with Crippen molar-refractivity contribution in [2.75, 3.05) is 0 Å². The molecule has 1 aliphatic heterocycles. The lowest BCUT2D eigenvalue weighted by Crippen LogP contribution is -2.26. The van der Waals surface area contributed by atoms with Gasteiger partial charge >= 0.3 is 12.1 Å². The number of amides is 4. The zero-order valence-electron chi connectivity index (χ0n) is 9.04. The summed E-state index contributed by atoms with van der Waals surface area (Å²) in [6, 6.07) is -1.29. The van der Waals surface area contributed by atoms with Gasteiger partial charge in [0.2, 0.25) is 0 Å². The van der Waals surface area contributed by atoms with Crippen LogP contribution in [-0.2, 0) is 0 Å². The fraction of sp³-hybridized carbons (Fsp3) is 0.273. The summed E-state index contributed by atoms with van der Waals surface area (Å²) < 4.78 is 0. The Bertz CT molecular complexity index is 452. The van der Waals surface area contributed by atoms with Crippen LogP contribution in [0.1, 0.15) is 13.8 Å². The highest BCUT2D eigenvalue weighted by Gasteiger charge is 2.30. The van der Waals surface area contributed by atoms with Crippen LogP contribution in [0.15, 0.2) is 46.3 Å². The van der Waals surface area contributed by atoms with Crippen molar-refractivity contribution in [2.45, 2.75) is 13.8 Å². The maximum absolute atomic E-state index is 11.3. The van der Waals surface area contributed by atoms with E-state index in [2.05, 4.69) is 10.2 Å². The van der Waals surface area contributed by atoms with E-state index in [9.17, 15) is 9.59 Å². The van der Waals surface area contributed by atoms with E-state index in [4.69, 9.17) is 0 Å². The molecule has 0 bridgehead atoms. The minimum atomic E-state index is -0.644. The molecule has 0 aromatic carbocycles. The van der Waals surface area contributed by atoms with E-state index >= 15 is 0 Å². The maximum Gasteiger partial charge on any atom is 0.375 e. The Hall–Kier alpha value is -2.04. The van der Waals surface area contributed by atoms with E-state index in [1.54, 1.807) is 12.2 Å². The summed E-state index contributed by atoms with van der Waals surface area (Å²) in [4.78, 5) is 23.6. The highest BCUT2D eigenvalue weighted by atomic mass is 16.2. The van der Waals surface area contributed by atoms with Crippen molar-refractivity contribution in [3.8, 4) is 0 Å². The molecule has 0 atom stereocenters. The molecule has 0 saturated heterocycles. The molecule has 2 aliphatic rings. The Morgan fingerprint density at radius 1 is 1.12 bits per heavy atom. The molecule has 1 aliphatic carbocycles. The number of carbonyl (C=O) groups excluding carboxylic acids is 2. The van der Waals surface area contributed by atoms with Crippen molar-refractivity contribution in [1.29, 1.82) is 0 Å². The molecule has 4 amide bonds. The third-order valence-electron chi connectivity index (χ3n) is 2.34. The van der Waals surface area contributed by atoms with Gasteiger partial charge in [0.25, 0.3) is 0 Å². The lowest BCUT2D eigenvalue weighted by atomic mass is 9.93. The van der Waals surface area contributed by atoms with Crippen LogP contribution in [-0.4, -0.2) is 17.0 Å². The van der Waals surface area contributed by atoms with Crippen molar-refractivity contribution in [3.05, 3.63) is 36.1 Å². The summed E-state index contributed by atoms with van der Waals surface area (Å²) >= 11 is 0. The number of imide groups is 1. The molecule has 0 N–H and O–H groups in total. The van der Waals surface area contributed by atoms with Gasteiger partial charge in [-0.1, -0.05) is 42.3 Å². The first kappa shape index (κ1) is 10.5. The average Bonchev–Trinajstić information content (AvgIpc) is 2.43. The Morgan fingerprint density at radius 2 is 1.75 bits per heavy atom. The van der Waals surface area contributed by atoms with E-state index in [0.29, 0.717) is 5.70 Å². The van der Waals surface area contributed by atoms with Crippen molar-refractivity contribution < 1.29 is 9.59 Å². The van der Waals surface area contributed by atoms with Gasteiger partial charge in [-0.15, -0.1) is 0 Å². The summed E-state index contributed by atoms with van der Waals surface area (Å²) in [6.45, 7) is 4.05. The lowest BCUT2D eigenvalue weighted by molar-refractivity contribution is 0.216. The summed E-state index contributed by atoms with van der Waals surface area (Å²) in [5.41, 5.74) is 0.389. The SMILES string of the molecule is CC1(C)C=CC=C(N2C(=O)N=NC2=O)C=C1. The first-order valence-corrected chi connectivity index (χ1v) is 4.88. The van der Waals surface area contributed by atoms with E-state index in [1.807, 2.05) is 32.1 Å². The van der Waals surface area contributed by atoms with Gasteiger partial charge in [-0.05, 0) is 12.2 Å². The zero-order valence-corrected chi connectivity index (χ0v) is 9.04. The van der Waals surface area contributed by atoms with E-state index < -0.39 is 12.1 Å². The zero-order chi connectivity index (χ0) is 11.8. The quantitative estimate of drug-likeness (QED) is 0.677. The fourth-order valence-electron chi connectivity index (χ4n) is 1.43. The Kier molecular flexibility index (Phi) is 2.30. The van der Waals surface area contributed by atoms with Crippen LogP contribution in [0.25, 0.3) is 0 Å². The van der Waals surface area contributed by atoms with Crippen LogP contribution in [0.5, 0.6) is 0 Å². The summed E-state index contributed by atoms with van der Waals surface area (Å²) in [5.74, 6) is 0. The number of nitrogens with zero attached hydrogens (tertiary/aromatic N) is 3. The van der Waals surface area contributed by atoms with E-state index in [-0.39, 0.29) is 5.41 Å². The molecule has 82 valence electrons. The number of urea groups is 2. The van der Waals surface area contributed by atoms with Crippen molar-refractivity contribution in [2.24, 2.45) is 15.6 Å². The second-order valence-electron chi connectivity index (χ2n) is 4.21. The Morgan fingerprint density at radius 3 is 2.38 bits per heavy atom. The number of allylic oxidation sites excluding steroid dienone is 5. The van der Waals surface area contributed by atoms with Gasteiger partial charge < -0.3 is 0 Å². The number of rotatable bonds is 1. The average molecular weight is 217 g/mol. The van der Waals surface area contributed by atoms with Crippen molar-refractivity contribution in [3.63, 3.8) is 0 Å². The van der Waals surface area contributed by atoms with Crippen molar-refractivity contribution >= 4 is 12.1 Å². The second kappa shape index (κ2) is 3.52. The molecule has 0 fully saturated rings. The maximum atomic E-state index is 11.3. The predicted octanol–water partition coefficient (Wildman–Crippen LogP) is 3.03. The van der Waals surface area contributed by atoms with Crippen LogP contribution in [0.4, 0.5) is 9.59 Å². The molecule has 0 spiro atoms. The van der Waals surface area contributed by atoms with Gasteiger partial charge in [0.1, 0.15) is 0 Å². The topological polar surface area (TPSA) is 62.1 Å². The summed E-state index contributed by atoms with van der Waals surface area (Å²) in [5, 5.41) is 6.41. The first-order valence-electron chi connectivity index (χ1n) is 4.88. The highest BCUT2D eigenvalue weighted by molar-refractivity contribution is 6.00. The van der Waals surface area contributed by atoms with Gasteiger partial charge in [-0.3, -0.25) is 0 Å². The Labute approximate surface area is 92.8 Å². The van der Waals surface area contributed by atoms with Gasteiger partial charge in [-0.2, -0.15) is 0 Å². The minimum Gasteiger partial charge on any atom is -0.243 e. The molecule has 0 aromatic rings. The van der Waals surface area contributed by atoms with Crippen LogP contribution >= 0.6 is 0 Å². The summed E-state index contributed by atoms with van der Waals surface area (Å²) in [7, 11) is 0. The number of hydrogen-bond donors (Lipinski definition) is 0. The molecule has 0 radical (unpaired) electrons. The minimum absolute atomic E-state index is 0.0989. The molecule has 5 nitrogen and oxygen atoms in total. The van der Waals surface area contributed by atoms with Gasteiger partial charge in [0.15, 0.2) is 0 Å². The summed E-state index contributed by atoms with van der Waals surface area (Å²) in [6.07, 6.45) is 9.13. The fourth-order valence-corrected chi connectivity index (χ4v) is 1.43. The predicted molar refractivity (Wildman–Crippen MR) is 57.6 cm³/mol. The van der Waals surface area contributed by atoms with Gasteiger partial charge in [-0.25, -0.2) is 14.5 Å². The first-order chi connectivity index (χ1) is 7.49. The molecular weight excluding hydrogens is 206 g/mol. The van der Waals surface area contributed by atoms with Gasteiger partial charge in [0.05, 0.1) is 5.70 Å². The smallest absolute Gasteiger partial charge is 0.243 e. The molecule has 1 heterocycles. The standard InChI is InChI=1S/C11H11N3O2/c1-11(2)6-3-4-8(5-7-11)14-9(15)12-13-10(14)16/h3-7H,1-2H3. The number of carbonyl (C=O) groups is 2. The Balaban J connectivity index is 2.31. The highest BCUT2D eigenvalue weighted by Crippen LogP contribution is 2.25.